The van der Waals surface area contributed by atoms with Gasteiger partial charge in [-0.15, -0.1) is 11.3 Å². The zero-order chi connectivity index (χ0) is 16.5. The van der Waals surface area contributed by atoms with Gasteiger partial charge in [0.1, 0.15) is 0 Å². The Bertz CT molecular complexity index is 688. The summed E-state index contributed by atoms with van der Waals surface area (Å²) in [6, 6.07) is 0. The van der Waals surface area contributed by atoms with Crippen molar-refractivity contribution < 1.29 is 18.0 Å². The summed E-state index contributed by atoms with van der Waals surface area (Å²) in [4.78, 5) is 17.3. The summed E-state index contributed by atoms with van der Waals surface area (Å²) >= 11 is 1.53. The number of thiazole rings is 1. The second-order valence-electron chi connectivity index (χ2n) is 5.00. The van der Waals surface area contributed by atoms with Crippen molar-refractivity contribution in [3.05, 3.63) is 39.1 Å². The van der Waals surface area contributed by atoms with Gasteiger partial charge in [-0.05, 0) is 13.8 Å². The van der Waals surface area contributed by atoms with Gasteiger partial charge < -0.3 is 9.88 Å². The Labute approximate surface area is 130 Å². The molecule has 0 aliphatic rings. The van der Waals surface area contributed by atoms with Gasteiger partial charge in [0.25, 0.3) is 5.91 Å². The molecule has 0 unspecified atom stereocenters. The van der Waals surface area contributed by atoms with E-state index in [0.29, 0.717) is 6.42 Å². The van der Waals surface area contributed by atoms with Crippen LogP contribution in [0, 0.1) is 13.8 Å². The Morgan fingerprint density at radius 2 is 2.05 bits per heavy atom. The number of halogens is 3. The van der Waals surface area contributed by atoms with E-state index in [-0.39, 0.29) is 12.1 Å². The Balaban J connectivity index is 2.03. The SMILES string of the molecule is Cc1nc(C)c(CCNC(=O)c2cn(C)cc2C(F)(F)F)s1. The van der Waals surface area contributed by atoms with Crippen molar-refractivity contribution in [1.82, 2.24) is 14.9 Å². The Hall–Kier alpha value is -1.83. The third kappa shape index (κ3) is 3.68. The smallest absolute Gasteiger partial charge is 0.356 e. The molecular weight excluding hydrogens is 315 g/mol. The highest BCUT2D eigenvalue weighted by Crippen LogP contribution is 2.32. The van der Waals surface area contributed by atoms with Crippen LogP contribution in [0.1, 0.15) is 31.5 Å². The Kier molecular flexibility index (Phi) is 4.60. The average molecular weight is 331 g/mol. The lowest BCUT2D eigenvalue weighted by molar-refractivity contribution is -0.137. The molecule has 0 spiro atoms. The minimum absolute atomic E-state index is 0.271. The van der Waals surface area contributed by atoms with E-state index in [1.165, 1.54) is 29.1 Å². The normalized spacial score (nSPS) is 11.7. The molecular formula is C14H16F3N3OS. The number of aryl methyl sites for hydroxylation is 3. The zero-order valence-electron chi connectivity index (χ0n) is 12.4. The topological polar surface area (TPSA) is 46.9 Å². The molecule has 22 heavy (non-hydrogen) atoms. The zero-order valence-corrected chi connectivity index (χ0v) is 13.2. The van der Waals surface area contributed by atoms with Crippen molar-refractivity contribution in [3.63, 3.8) is 0 Å². The molecule has 2 rings (SSSR count). The number of alkyl halides is 3. The van der Waals surface area contributed by atoms with Gasteiger partial charge in [0, 0.05) is 37.3 Å². The lowest BCUT2D eigenvalue weighted by Gasteiger charge is -2.08. The number of amides is 1. The first-order valence-electron chi connectivity index (χ1n) is 6.62. The predicted octanol–water partition coefficient (Wildman–Crippen LogP) is 3.09. The number of carbonyl (C=O) groups is 1. The van der Waals surface area contributed by atoms with Crippen LogP contribution >= 0.6 is 11.3 Å². The van der Waals surface area contributed by atoms with E-state index in [2.05, 4.69) is 10.3 Å². The van der Waals surface area contributed by atoms with Gasteiger partial charge in [-0.3, -0.25) is 4.79 Å². The molecule has 0 saturated heterocycles. The molecule has 0 saturated carbocycles. The van der Waals surface area contributed by atoms with Gasteiger partial charge in [-0.1, -0.05) is 0 Å². The molecule has 1 N–H and O–H groups in total. The maximum atomic E-state index is 12.9. The largest absolute Gasteiger partial charge is 0.418 e. The summed E-state index contributed by atoms with van der Waals surface area (Å²) in [7, 11) is 1.45. The van der Waals surface area contributed by atoms with Crippen LogP contribution in [0.25, 0.3) is 0 Å². The molecule has 0 aliphatic heterocycles. The first kappa shape index (κ1) is 16.5. The first-order chi connectivity index (χ1) is 10.2. The summed E-state index contributed by atoms with van der Waals surface area (Å²) in [6.45, 7) is 4.03. The fraction of sp³-hybridized carbons (Fsp3) is 0.429. The molecule has 2 aromatic heterocycles. The van der Waals surface area contributed by atoms with Gasteiger partial charge >= 0.3 is 6.18 Å². The van der Waals surface area contributed by atoms with E-state index in [4.69, 9.17) is 0 Å². The summed E-state index contributed by atoms with van der Waals surface area (Å²) in [5.41, 5.74) is -0.378. The van der Waals surface area contributed by atoms with E-state index in [9.17, 15) is 18.0 Å². The number of hydrogen-bond donors (Lipinski definition) is 1. The maximum Gasteiger partial charge on any atom is 0.418 e. The van der Waals surface area contributed by atoms with Crippen molar-refractivity contribution in [2.75, 3.05) is 6.54 Å². The van der Waals surface area contributed by atoms with Gasteiger partial charge in [-0.25, -0.2) is 4.98 Å². The summed E-state index contributed by atoms with van der Waals surface area (Å²) in [5, 5.41) is 3.47. The third-order valence-corrected chi connectivity index (χ3v) is 4.28. The Morgan fingerprint density at radius 1 is 1.36 bits per heavy atom. The van der Waals surface area contributed by atoms with E-state index < -0.39 is 17.6 Å². The number of aromatic nitrogens is 2. The number of hydrogen-bond acceptors (Lipinski definition) is 3. The molecule has 0 bridgehead atoms. The van der Waals surface area contributed by atoms with Crippen molar-refractivity contribution in [2.45, 2.75) is 26.4 Å². The van der Waals surface area contributed by atoms with Crippen molar-refractivity contribution in [1.29, 1.82) is 0 Å². The molecule has 2 aromatic rings. The van der Waals surface area contributed by atoms with E-state index in [1.807, 2.05) is 13.8 Å². The second kappa shape index (κ2) is 6.12. The molecule has 2 heterocycles. The summed E-state index contributed by atoms with van der Waals surface area (Å²) in [5.74, 6) is -0.716. The monoisotopic (exact) mass is 331 g/mol. The van der Waals surface area contributed by atoms with E-state index >= 15 is 0 Å². The second-order valence-corrected chi connectivity index (χ2v) is 6.28. The van der Waals surface area contributed by atoms with Crippen LogP contribution in [0.2, 0.25) is 0 Å². The number of carbonyl (C=O) groups excluding carboxylic acids is 1. The van der Waals surface area contributed by atoms with Crippen LogP contribution in [-0.2, 0) is 19.6 Å². The lowest BCUT2D eigenvalue weighted by Crippen LogP contribution is -2.27. The van der Waals surface area contributed by atoms with Crippen LogP contribution in [0.15, 0.2) is 12.4 Å². The summed E-state index contributed by atoms with van der Waals surface area (Å²) in [6.07, 6.45) is -1.90. The van der Waals surface area contributed by atoms with Crippen LogP contribution in [0.5, 0.6) is 0 Å². The highest BCUT2D eigenvalue weighted by atomic mass is 32.1. The van der Waals surface area contributed by atoms with Crippen LogP contribution in [0.4, 0.5) is 13.2 Å². The molecule has 1 amide bonds. The molecule has 0 radical (unpaired) electrons. The van der Waals surface area contributed by atoms with Crippen molar-refractivity contribution >= 4 is 17.2 Å². The molecule has 0 fully saturated rings. The fourth-order valence-electron chi connectivity index (χ4n) is 2.18. The number of nitrogens with one attached hydrogen (secondary N) is 1. The van der Waals surface area contributed by atoms with Crippen LogP contribution < -0.4 is 5.32 Å². The maximum absolute atomic E-state index is 12.9. The van der Waals surface area contributed by atoms with Gasteiger partial charge in [0.15, 0.2) is 0 Å². The predicted molar refractivity (Wildman–Crippen MR) is 78.0 cm³/mol. The molecule has 120 valence electrons. The number of rotatable bonds is 4. The minimum Gasteiger partial charge on any atom is -0.356 e. The standard InChI is InChI=1S/C14H16F3N3OS/c1-8-12(22-9(2)19-8)4-5-18-13(21)10-6-20(3)7-11(10)14(15,16)17/h6-7H,4-5H2,1-3H3,(H,18,21). The quantitative estimate of drug-likeness (QED) is 0.936. The van der Waals surface area contributed by atoms with Gasteiger partial charge in [0.2, 0.25) is 0 Å². The molecule has 0 aromatic carbocycles. The summed E-state index contributed by atoms with van der Waals surface area (Å²) < 4.78 is 39.8. The molecule has 0 aliphatic carbocycles. The lowest BCUT2D eigenvalue weighted by atomic mass is 10.2. The van der Waals surface area contributed by atoms with E-state index in [1.54, 1.807) is 0 Å². The highest BCUT2D eigenvalue weighted by Gasteiger charge is 2.36. The van der Waals surface area contributed by atoms with Crippen LogP contribution in [0.3, 0.4) is 0 Å². The Morgan fingerprint density at radius 3 is 2.59 bits per heavy atom. The van der Waals surface area contributed by atoms with Crippen molar-refractivity contribution in [3.8, 4) is 0 Å². The molecule has 4 nitrogen and oxygen atoms in total. The first-order valence-corrected chi connectivity index (χ1v) is 7.44. The minimum atomic E-state index is -4.54. The van der Waals surface area contributed by atoms with Gasteiger partial charge in [-0.2, -0.15) is 13.2 Å². The van der Waals surface area contributed by atoms with E-state index in [0.717, 1.165) is 21.8 Å². The fourth-order valence-corrected chi connectivity index (χ4v) is 3.12. The third-order valence-electron chi connectivity index (χ3n) is 3.14. The molecule has 0 atom stereocenters. The van der Waals surface area contributed by atoms with Crippen LogP contribution in [-0.4, -0.2) is 22.0 Å². The van der Waals surface area contributed by atoms with Gasteiger partial charge in [0.05, 0.1) is 21.8 Å². The molecule has 8 heteroatoms. The number of nitrogens with zero attached hydrogens (tertiary/aromatic N) is 2. The average Bonchev–Trinajstić information content (AvgIpc) is 2.92. The highest BCUT2D eigenvalue weighted by molar-refractivity contribution is 7.11. The van der Waals surface area contributed by atoms with Crippen molar-refractivity contribution in [2.24, 2.45) is 7.05 Å².